The summed E-state index contributed by atoms with van der Waals surface area (Å²) in [4.78, 5) is 15.7. The molecule has 5 nitrogen and oxygen atoms in total. The number of carbonyl (C=O) groups excluding carboxylic acids is 1. The van der Waals surface area contributed by atoms with Crippen molar-refractivity contribution in [1.82, 2.24) is 15.0 Å². The third-order valence-electron chi connectivity index (χ3n) is 3.82. The van der Waals surface area contributed by atoms with Crippen molar-refractivity contribution in [2.24, 2.45) is 5.10 Å². The number of hydrazone groups is 1. The van der Waals surface area contributed by atoms with E-state index < -0.39 is 30.3 Å². The third-order valence-corrected chi connectivity index (χ3v) is 3.82. The van der Waals surface area contributed by atoms with Gasteiger partial charge in [-0.05, 0) is 36.8 Å². The zero-order valence-electron chi connectivity index (χ0n) is 14.1. The van der Waals surface area contributed by atoms with Gasteiger partial charge in [-0.15, -0.1) is 0 Å². The molecule has 9 heteroatoms. The summed E-state index contributed by atoms with van der Waals surface area (Å²) in [5.41, 5.74) is 3.51. The van der Waals surface area contributed by atoms with E-state index in [9.17, 15) is 22.4 Å². The summed E-state index contributed by atoms with van der Waals surface area (Å²) < 4.78 is 53.4. The minimum absolute atomic E-state index is 0.142. The van der Waals surface area contributed by atoms with Crippen LogP contribution in [-0.2, 0) is 17.5 Å². The van der Waals surface area contributed by atoms with E-state index in [2.05, 4.69) is 15.5 Å². The number of nitrogens with one attached hydrogen (secondary N) is 1. The predicted molar refractivity (Wildman–Crippen MR) is 91.5 cm³/mol. The smallest absolute Gasteiger partial charge is 0.311 e. The number of alkyl halides is 3. The summed E-state index contributed by atoms with van der Waals surface area (Å²) in [5, 5.41) is 3.86. The minimum Gasteiger partial charge on any atom is -0.311 e. The lowest BCUT2D eigenvalue weighted by atomic mass is 10.1. The molecular formula is C18H14F4N4O. The summed E-state index contributed by atoms with van der Waals surface area (Å²) in [6.45, 7) is 0.983. The van der Waals surface area contributed by atoms with Gasteiger partial charge in [0, 0.05) is 0 Å². The van der Waals surface area contributed by atoms with E-state index in [-0.39, 0.29) is 11.0 Å². The van der Waals surface area contributed by atoms with Crippen LogP contribution >= 0.6 is 0 Å². The zero-order chi connectivity index (χ0) is 19.6. The van der Waals surface area contributed by atoms with Gasteiger partial charge in [-0.3, -0.25) is 4.79 Å². The second-order valence-corrected chi connectivity index (χ2v) is 5.75. The molecule has 1 N–H and O–H groups in total. The van der Waals surface area contributed by atoms with Gasteiger partial charge in [-0.1, -0.05) is 24.3 Å². The molecule has 0 unspecified atom stereocenters. The van der Waals surface area contributed by atoms with E-state index in [1.165, 1.54) is 36.4 Å². The Balaban J connectivity index is 1.82. The largest absolute Gasteiger partial charge is 0.449 e. The number of fused-ring (bicyclic) bond motifs is 1. The average Bonchev–Trinajstić information content (AvgIpc) is 2.99. The molecule has 0 bridgehead atoms. The van der Waals surface area contributed by atoms with Crippen molar-refractivity contribution in [2.75, 3.05) is 0 Å². The van der Waals surface area contributed by atoms with Crippen LogP contribution in [0.15, 0.2) is 53.6 Å². The lowest BCUT2D eigenvalue weighted by Crippen LogP contribution is -2.27. The number of halogens is 4. The van der Waals surface area contributed by atoms with Gasteiger partial charge in [0.15, 0.2) is 0 Å². The lowest BCUT2D eigenvalue weighted by molar-refractivity contribution is -0.147. The normalized spacial score (nSPS) is 12.4. The first kappa shape index (κ1) is 18.6. The molecule has 0 atom stereocenters. The first-order valence-corrected chi connectivity index (χ1v) is 7.87. The zero-order valence-corrected chi connectivity index (χ0v) is 14.1. The van der Waals surface area contributed by atoms with E-state index >= 15 is 0 Å². The van der Waals surface area contributed by atoms with Gasteiger partial charge in [0.05, 0.1) is 16.7 Å². The summed E-state index contributed by atoms with van der Waals surface area (Å²) in [5.74, 6) is -2.31. The molecule has 0 aliphatic heterocycles. The Bertz CT molecular complexity index is 1010. The molecule has 140 valence electrons. The van der Waals surface area contributed by atoms with Crippen LogP contribution in [0, 0.1) is 5.82 Å². The standard InChI is InChI=1S/C18H14F4N4O/c1-11(12-6-8-13(19)9-7-12)24-25-16(27)10-26-15-5-3-2-4-14(15)23-17(26)18(20,21)22/h2-9H,10H2,1H3,(H,25,27). The highest BCUT2D eigenvalue weighted by Gasteiger charge is 2.37. The van der Waals surface area contributed by atoms with E-state index in [1.54, 1.807) is 19.1 Å². The van der Waals surface area contributed by atoms with Crippen molar-refractivity contribution in [3.63, 3.8) is 0 Å². The number of para-hydroxylation sites is 2. The Morgan fingerprint density at radius 1 is 1.15 bits per heavy atom. The van der Waals surface area contributed by atoms with Crippen LogP contribution in [-0.4, -0.2) is 21.2 Å². The average molecular weight is 378 g/mol. The van der Waals surface area contributed by atoms with Crippen molar-refractivity contribution in [3.05, 3.63) is 65.7 Å². The molecule has 0 spiro atoms. The molecule has 0 saturated carbocycles. The molecule has 2 aromatic carbocycles. The number of aromatic nitrogens is 2. The van der Waals surface area contributed by atoms with Crippen molar-refractivity contribution in [2.45, 2.75) is 19.6 Å². The van der Waals surface area contributed by atoms with E-state index in [0.29, 0.717) is 11.3 Å². The molecule has 0 aliphatic rings. The Morgan fingerprint density at radius 2 is 1.81 bits per heavy atom. The second kappa shape index (κ2) is 7.18. The van der Waals surface area contributed by atoms with Gasteiger partial charge < -0.3 is 4.57 Å². The fourth-order valence-electron chi connectivity index (χ4n) is 2.53. The summed E-state index contributed by atoms with van der Waals surface area (Å²) in [6.07, 6.45) is -4.70. The van der Waals surface area contributed by atoms with Crippen LogP contribution in [0.4, 0.5) is 17.6 Å². The highest BCUT2D eigenvalue weighted by atomic mass is 19.4. The van der Waals surface area contributed by atoms with Crippen LogP contribution in [0.3, 0.4) is 0 Å². The molecule has 27 heavy (non-hydrogen) atoms. The fraction of sp³-hybridized carbons (Fsp3) is 0.167. The van der Waals surface area contributed by atoms with E-state index in [4.69, 9.17) is 0 Å². The summed E-state index contributed by atoms with van der Waals surface area (Å²) in [6, 6.07) is 11.5. The highest BCUT2D eigenvalue weighted by molar-refractivity contribution is 5.99. The molecule has 0 saturated heterocycles. The van der Waals surface area contributed by atoms with Crippen molar-refractivity contribution < 1.29 is 22.4 Å². The summed E-state index contributed by atoms with van der Waals surface area (Å²) in [7, 11) is 0. The number of rotatable bonds is 4. The number of imidazole rings is 1. The maximum absolute atomic E-state index is 13.2. The van der Waals surface area contributed by atoms with Gasteiger partial charge in [0.25, 0.3) is 5.91 Å². The monoisotopic (exact) mass is 378 g/mol. The molecule has 0 radical (unpaired) electrons. The SMILES string of the molecule is CC(=NNC(=O)Cn1c(C(F)(F)F)nc2ccccc21)c1ccc(F)cc1. The van der Waals surface area contributed by atoms with Crippen molar-refractivity contribution in [1.29, 1.82) is 0 Å². The number of amides is 1. The van der Waals surface area contributed by atoms with Gasteiger partial charge in [-0.2, -0.15) is 18.3 Å². The molecule has 0 fully saturated rings. The second-order valence-electron chi connectivity index (χ2n) is 5.75. The first-order valence-electron chi connectivity index (χ1n) is 7.87. The lowest BCUT2D eigenvalue weighted by Gasteiger charge is -2.10. The first-order chi connectivity index (χ1) is 12.8. The predicted octanol–water partition coefficient (Wildman–Crippen LogP) is 3.73. The van der Waals surface area contributed by atoms with Crippen LogP contribution < -0.4 is 5.43 Å². The topological polar surface area (TPSA) is 59.3 Å². The maximum atomic E-state index is 13.2. The minimum atomic E-state index is -4.70. The molecule has 3 rings (SSSR count). The van der Waals surface area contributed by atoms with Crippen LogP contribution in [0.25, 0.3) is 11.0 Å². The number of hydrogen-bond donors (Lipinski definition) is 1. The quantitative estimate of drug-likeness (QED) is 0.427. The van der Waals surface area contributed by atoms with Gasteiger partial charge >= 0.3 is 6.18 Å². The van der Waals surface area contributed by atoms with Gasteiger partial charge in [-0.25, -0.2) is 14.8 Å². The Kier molecular flexibility index (Phi) is 4.93. The Labute approximate surface area is 151 Å². The van der Waals surface area contributed by atoms with Crippen LogP contribution in [0.2, 0.25) is 0 Å². The number of nitrogens with zero attached hydrogens (tertiary/aromatic N) is 3. The molecular weight excluding hydrogens is 364 g/mol. The van der Waals surface area contributed by atoms with Crippen LogP contribution in [0.5, 0.6) is 0 Å². The number of carbonyl (C=O) groups is 1. The molecule has 3 aromatic rings. The number of hydrogen-bond acceptors (Lipinski definition) is 3. The van der Waals surface area contributed by atoms with Crippen molar-refractivity contribution in [3.8, 4) is 0 Å². The molecule has 1 aromatic heterocycles. The molecule has 1 heterocycles. The molecule has 1 amide bonds. The van der Waals surface area contributed by atoms with E-state index in [1.807, 2.05) is 0 Å². The third kappa shape index (κ3) is 4.13. The molecule has 0 aliphatic carbocycles. The highest BCUT2D eigenvalue weighted by Crippen LogP contribution is 2.31. The Morgan fingerprint density at radius 3 is 2.48 bits per heavy atom. The van der Waals surface area contributed by atoms with Gasteiger partial charge in [0.1, 0.15) is 12.4 Å². The Hall–Kier alpha value is -3.23. The van der Waals surface area contributed by atoms with Gasteiger partial charge in [0.2, 0.25) is 5.82 Å². The van der Waals surface area contributed by atoms with Crippen molar-refractivity contribution >= 4 is 22.7 Å². The summed E-state index contributed by atoms with van der Waals surface area (Å²) >= 11 is 0. The maximum Gasteiger partial charge on any atom is 0.449 e. The fourth-order valence-corrected chi connectivity index (χ4v) is 2.53. The number of benzene rings is 2. The van der Waals surface area contributed by atoms with E-state index in [0.717, 1.165) is 4.57 Å². The van der Waals surface area contributed by atoms with Crippen LogP contribution in [0.1, 0.15) is 18.3 Å².